The molecule has 1 fully saturated rings. The molecule has 146 valence electrons. The van der Waals surface area contributed by atoms with Crippen molar-refractivity contribution in [2.45, 2.75) is 17.7 Å². The second-order valence-corrected chi connectivity index (χ2v) is 7.82. The molecule has 2 aromatic rings. The molecule has 6 nitrogen and oxygen atoms in total. The van der Waals surface area contributed by atoms with E-state index in [4.69, 9.17) is 0 Å². The molecule has 1 amide bonds. The van der Waals surface area contributed by atoms with Crippen molar-refractivity contribution in [1.29, 1.82) is 0 Å². The molecule has 2 aromatic carbocycles. The summed E-state index contributed by atoms with van der Waals surface area (Å²) in [7, 11) is -3.89. The van der Waals surface area contributed by atoms with Crippen LogP contribution < -0.4 is 15.4 Å². The van der Waals surface area contributed by atoms with Gasteiger partial charge in [0.25, 0.3) is 10.0 Å². The van der Waals surface area contributed by atoms with Gasteiger partial charge < -0.3 is 10.6 Å². The number of halogens is 2. The van der Waals surface area contributed by atoms with Crippen LogP contribution in [0.1, 0.15) is 12.8 Å². The summed E-state index contributed by atoms with van der Waals surface area (Å²) in [4.78, 5) is 12.4. The topological polar surface area (TPSA) is 87.3 Å². The van der Waals surface area contributed by atoms with Crippen molar-refractivity contribution in [3.63, 3.8) is 0 Å². The van der Waals surface area contributed by atoms with Crippen molar-refractivity contribution in [3.05, 3.63) is 54.3 Å². The van der Waals surface area contributed by atoms with E-state index in [1.807, 2.05) is 0 Å². The van der Waals surface area contributed by atoms with E-state index in [0.29, 0.717) is 12.2 Å². The van der Waals surface area contributed by atoms with Gasteiger partial charge in [-0.05, 0) is 55.8 Å². The molecule has 1 aliphatic heterocycles. The van der Waals surface area contributed by atoms with Gasteiger partial charge in [-0.3, -0.25) is 9.52 Å². The summed E-state index contributed by atoms with van der Waals surface area (Å²) in [6.45, 7) is 1.51. The zero-order valence-corrected chi connectivity index (χ0v) is 16.1. The highest BCUT2D eigenvalue weighted by Gasteiger charge is 2.22. The number of rotatable bonds is 5. The predicted molar refractivity (Wildman–Crippen MR) is 105 cm³/mol. The number of para-hydroxylation sites is 2. The Bertz CT molecular complexity index is 885. The van der Waals surface area contributed by atoms with Crippen molar-refractivity contribution >= 4 is 39.7 Å². The molecule has 27 heavy (non-hydrogen) atoms. The summed E-state index contributed by atoms with van der Waals surface area (Å²) < 4.78 is 40.5. The van der Waals surface area contributed by atoms with Gasteiger partial charge in [0.15, 0.2) is 0 Å². The van der Waals surface area contributed by atoms with Crippen LogP contribution in [0.25, 0.3) is 0 Å². The van der Waals surface area contributed by atoms with E-state index in [9.17, 15) is 17.6 Å². The first kappa shape index (κ1) is 21.1. The molecule has 1 atom stereocenters. The molecule has 0 aliphatic carbocycles. The van der Waals surface area contributed by atoms with Gasteiger partial charge in [-0.25, -0.2) is 12.8 Å². The highest BCUT2D eigenvalue weighted by Crippen LogP contribution is 2.25. The van der Waals surface area contributed by atoms with E-state index in [2.05, 4.69) is 15.4 Å². The molecule has 1 unspecified atom stereocenters. The standard InChI is InChI=1S/C18H20FN3O3S.ClH/c19-14-7-9-15(10-8-14)26(24,25)22-17-6-2-1-5-16(17)21-18(23)13-4-3-11-20-12-13;/h1-2,5-10,13,20,22H,3-4,11-12H2,(H,21,23);1H. The van der Waals surface area contributed by atoms with Gasteiger partial charge in [0.2, 0.25) is 5.91 Å². The lowest BCUT2D eigenvalue weighted by molar-refractivity contribution is -0.120. The number of carbonyl (C=O) groups is 1. The second-order valence-electron chi connectivity index (χ2n) is 6.14. The average Bonchev–Trinajstić information content (AvgIpc) is 2.64. The van der Waals surface area contributed by atoms with Gasteiger partial charge in [0, 0.05) is 6.54 Å². The maximum atomic E-state index is 13.0. The van der Waals surface area contributed by atoms with Crippen LogP contribution in [0.3, 0.4) is 0 Å². The molecule has 1 saturated heterocycles. The number of amides is 1. The number of hydrogen-bond acceptors (Lipinski definition) is 4. The van der Waals surface area contributed by atoms with Crippen molar-refractivity contribution in [2.24, 2.45) is 5.92 Å². The maximum absolute atomic E-state index is 13.0. The lowest BCUT2D eigenvalue weighted by atomic mass is 9.99. The third kappa shape index (κ3) is 5.41. The Morgan fingerprint density at radius 1 is 1.07 bits per heavy atom. The van der Waals surface area contributed by atoms with E-state index in [1.54, 1.807) is 24.3 Å². The number of sulfonamides is 1. The zero-order chi connectivity index (χ0) is 18.6. The smallest absolute Gasteiger partial charge is 0.261 e. The van der Waals surface area contributed by atoms with Crippen LogP contribution in [-0.4, -0.2) is 27.4 Å². The summed E-state index contributed by atoms with van der Waals surface area (Å²) in [5.74, 6) is -0.811. The third-order valence-corrected chi connectivity index (χ3v) is 5.60. The molecule has 9 heteroatoms. The Morgan fingerprint density at radius 2 is 1.74 bits per heavy atom. The molecule has 3 rings (SSSR count). The van der Waals surface area contributed by atoms with Crippen molar-refractivity contribution in [3.8, 4) is 0 Å². The maximum Gasteiger partial charge on any atom is 0.261 e. The molecule has 0 saturated carbocycles. The van der Waals surface area contributed by atoms with E-state index in [1.165, 1.54) is 12.1 Å². The van der Waals surface area contributed by atoms with E-state index in [-0.39, 0.29) is 34.8 Å². The van der Waals surface area contributed by atoms with E-state index < -0.39 is 15.8 Å². The fourth-order valence-electron chi connectivity index (χ4n) is 2.81. The quantitative estimate of drug-likeness (QED) is 0.703. The van der Waals surface area contributed by atoms with Crippen LogP contribution in [0.2, 0.25) is 0 Å². The van der Waals surface area contributed by atoms with E-state index >= 15 is 0 Å². The molecular formula is C18H21ClFN3O3S. The minimum Gasteiger partial charge on any atom is -0.324 e. The van der Waals surface area contributed by atoms with Crippen LogP contribution in [-0.2, 0) is 14.8 Å². The number of piperidine rings is 1. The summed E-state index contributed by atoms with van der Waals surface area (Å²) in [5, 5.41) is 5.97. The summed E-state index contributed by atoms with van der Waals surface area (Å²) in [5.41, 5.74) is 0.641. The Morgan fingerprint density at radius 3 is 2.37 bits per heavy atom. The van der Waals surface area contributed by atoms with Crippen molar-refractivity contribution in [2.75, 3.05) is 23.1 Å². The molecule has 3 N–H and O–H groups in total. The Kier molecular flexibility index (Phi) is 7.18. The van der Waals surface area contributed by atoms with Crippen molar-refractivity contribution in [1.82, 2.24) is 5.32 Å². The Labute approximate surface area is 164 Å². The van der Waals surface area contributed by atoms with Gasteiger partial charge in [0.1, 0.15) is 5.82 Å². The first-order valence-corrected chi connectivity index (χ1v) is 9.83. The molecule has 0 spiro atoms. The number of anilines is 2. The van der Waals surface area contributed by atoms with Gasteiger partial charge in [-0.2, -0.15) is 0 Å². The number of benzene rings is 2. The van der Waals surface area contributed by atoms with Gasteiger partial charge in [-0.1, -0.05) is 12.1 Å². The molecule has 1 aliphatic rings. The lowest BCUT2D eigenvalue weighted by Crippen LogP contribution is -2.37. The SMILES string of the molecule is Cl.O=C(Nc1ccccc1NS(=O)(=O)c1ccc(F)cc1)C1CCCNC1. The first-order valence-electron chi connectivity index (χ1n) is 8.35. The van der Waals surface area contributed by atoms with Crippen LogP contribution in [0.15, 0.2) is 53.4 Å². The number of nitrogens with one attached hydrogen (secondary N) is 3. The van der Waals surface area contributed by atoms with Gasteiger partial charge >= 0.3 is 0 Å². The minimum absolute atomic E-state index is 0. The summed E-state index contributed by atoms with van der Waals surface area (Å²) in [6, 6.07) is 11.1. The summed E-state index contributed by atoms with van der Waals surface area (Å²) >= 11 is 0. The normalized spacial score (nSPS) is 16.9. The Balaban J connectivity index is 0.00000261. The van der Waals surface area contributed by atoms with Gasteiger partial charge in [0.05, 0.1) is 22.2 Å². The van der Waals surface area contributed by atoms with Crippen LogP contribution >= 0.6 is 12.4 Å². The van der Waals surface area contributed by atoms with Crippen LogP contribution in [0.5, 0.6) is 0 Å². The number of hydrogen-bond donors (Lipinski definition) is 3. The monoisotopic (exact) mass is 413 g/mol. The molecule has 0 bridgehead atoms. The molecular weight excluding hydrogens is 393 g/mol. The fourth-order valence-corrected chi connectivity index (χ4v) is 3.89. The lowest BCUT2D eigenvalue weighted by Gasteiger charge is -2.22. The first-order chi connectivity index (χ1) is 12.5. The summed E-state index contributed by atoms with van der Waals surface area (Å²) in [6.07, 6.45) is 1.72. The highest BCUT2D eigenvalue weighted by atomic mass is 35.5. The number of carbonyl (C=O) groups excluding carboxylic acids is 1. The molecule has 0 radical (unpaired) electrons. The van der Waals surface area contributed by atoms with E-state index in [0.717, 1.165) is 31.5 Å². The molecule has 1 heterocycles. The predicted octanol–water partition coefficient (Wildman–Crippen LogP) is 2.99. The fraction of sp³-hybridized carbons (Fsp3) is 0.278. The second kappa shape index (κ2) is 9.16. The Hall–Kier alpha value is -2.16. The zero-order valence-electron chi connectivity index (χ0n) is 14.4. The molecule has 0 aromatic heterocycles. The average molecular weight is 414 g/mol. The largest absolute Gasteiger partial charge is 0.324 e. The van der Waals surface area contributed by atoms with Crippen LogP contribution in [0, 0.1) is 11.7 Å². The van der Waals surface area contributed by atoms with Gasteiger partial charge in [-0.15, -0.1) is 12.4 Å². The van der Waals surface area contributed by atoms with Crippen molar-refractivity contribution < 1.29 is 17.6 Å². The third-order valence-electron chi connectivity index (χ3n) is 4.22. The highest BCUT2D eigenvalue weighted by molar-refractivity contribution is 7.92. The minimum atomic E-state index is -3.89. The van der Waals surface area contributed by atoms with Crippen LogP contribution in [0.4, 0.5) is 15.8 Å².